The van der Waals surface area contributed by atoms with Gasteiger partial charge in [-0.25, -0.2) is 19.9 Å². The van der Waals surface area contributed by atoms with Crippen molar-refractivity contribution in [3.63, 3.8) is 0 Å². The molecule has 0 saturated carbocycles. The van der Waals surface area contributed by atoms with E-state index in [0.29, 0.717) is 28.3 Å². The predicted molar refractivity (Wildman–Crippen MR) is 212 cm³/mol. The van der Waals surface area contributed by atoms with Gasteiger partial charge in [-0.05, 0) is 109 Å². The number of aromatic amines is 4. The van der Waals surface area contributed by atoms with E-state index < -0.39 is 10.1 Å². The summed E-state index contributed by atoms with van der Waals surface area (Å²) < 4.78 is 34.8. The van der Waals surface area contributed by atoms with Crippen LogP contribution in [-0.4, -0.2) is 52.8 Å². The van der Waals surface area contributed by atoms with E-state index in [1.807, 2.05) is 79.7 Å². The van der Waals surface area contributed by atoms with Gasteiger partial charge in [0.15, 0.2) is 0 Å². The molecule has 0 spiro atoms. The first-order valence-corrected chi connectivity index (χ1v) is 18.7. The summed E-state index contributed by atoms with van der Waals surface area (Å²) in [6.07, 6.45) is 0. The topological polar surface area (TPSA) is 169 Å². The summed E-state index contributed by atoms with van der Waals surface area (Å²) >= 11 is 0. The van der Waals surface area contributed by atoms with Gasteiger partial charge in [-0.3, -0.25) is 4.55 Å². The highest BCUT2D eigenvalue weighted by molar-refractivity contribution is 7.85. The lowest BCUT2D eigenvalue weighted by atomic mass is 10.0. The Morgan fingerprint density at radius 3 is 1.22 bits per heavy atom. The van der Waals surface area contributed by atoms with Crippen LogP contribution in [0.4, 0.5) is 0 Å². The van der Waals surface area contributed by atoms with E-state index in [1.165, 1.54) is 17.7 Å². The molecule has 11 nitrogen and oxygen atoms in total. The Hall–Kier alpha value is -6.89. The van der Waals surface area contributed by atoms with Crippen LogP contribution in [0, 0.1) is 13.8 Å². The fraction of sp³-hybridized carbons (Fsp3) is 0.0476. The van der Waals surface area contributed by atoms with Crippen molar-refractivity contribution in [2.24, 2.45) is 0 Å². The third kappa shape index (κ3) is 5.61. The second-order valence-electron chi connectivity index (χ2n) is 13.6. The van der Waals surface area contributed by atoms with Crippen LogP contribution in [0.25, 0.3) is 101 Å². The number of aromatic nitrogens is 8. The van der Waals surface area contributed by atoms with Crippen molar-refractivity contribution in [2.45, 2.75) is 18.7 Å². The molecule has 262 valence electrons. The average Bonchev–Trinajstić information content (AvgIpc) is 3.97. The summed E-state index contributed by atoms with van der Waals surface area (Å²) in [6, 6.07) is 36.9. The highest BCUT2D eigenvalue weighted by Gasteiger charge is 2.18. The van der Waals surface area contributed by atoms with Crippen molar-refractivity contribution in [3.8, 4) is 56.7 Å². The van der Waals surface area contributed by atoms with Gasteiger partial charge in [0, 0.05) is 22.3 Å². The Labute approximate surface area is 308 Å². The van der Waals surface area contributed by atoms with E-state index in [2.05, 4.69) is 56.1 Å². The summed E-state index contributed by atoms with van der Waals surface area (Å²) in [7, 11) is -4.53. The number of aryl methyl sites for hydroxylation is 2. The molecule has 0 fully saturated rings. The highest BCUT2D eigenvalue weighted by Crippen LogP contribution is 2.33. The number of rotatable bonds is 6. The Bertz CT molecular complexity index is 3240. The van der Waals surface area contributed by atoms with E-state index >= 15 is 0 Å². The summed E-state index contributed by atoms with van der Waals surface area (Å²) in [5.74, 6) is 2.49. The molecule has 5 N–H and O–H groups in total. The number of hydrogen-bond acceptors (Lipinski definition) is 6. The van der Waals surface area contributed by atoms with E-state index in [-0.39, 0.29) is 4.90 Å². The van der Waals surface area contributed by atoms with Crippen LogP contribution in [0.15, 0.2) is 120 Å². The minimum atomic E-state index is -4.53. The number of imidazole rings is 4. The maximum absolute atomic E-state index is 12.4. The van der Waals surface area contributed by atoms with Crippen LogP contribution in [0.1, 0.15) is 11.1 Å². The molecule has 0 aliphatic rings. The standard InChI is InChI=1S/C42H30N8O3S/c1-22-6-10-31-35(14-22)47-39(43-31)26-4-3-5-27(16-26)40-44-33-12-8-24(20-37(33)49-40)25-9-13-34-38(21-25)50-42(46-34)29-17-28(18-30(19-29)54(51,52)53)41-45-32-11-7-23(2)15-36(32)48-41/h3-21H,1-2H3,(H,43,47)(H,44,49)(H,45,48)(H,46,50)(H,51,52,53). The van der Waals surface area contributed by atoms with Gasteiger partial charge in [-0.1, -0.05) is 42.5 Å². The van der Waals surface area contributed by atoms with E-state index in [9.17, 15) is 13.0 Å². The molecule has 0 radical (unpaired) electrons. The molecule has 10 aromatic rings. The fourth-order valence-electron chi connectivity index (χ4n) is 6.98. The molecular weight excluding hydrogens is 697 g/mol. The molecule has 0 aliphatic heterocycles. The molecule has 0 bridgehead atoms. The highest BCUT2D eigenvalue weighted by atomic mass is 32.2. The normalized spacial score (nSPS) is 12.1. The van der Waals surface area contributed by atoms with Crippen LogP contribution in [0.2, 0.25) is 0 Å². The monoisotopic (exact) mass is 726 g/mol. The molecule has 4 heterocycles. The van der Waals surface area contributed by atoms with Gasteiger partial charge in [0.05, 0.1) is 49.0 Å². The molecule has 10 rings (SSSR count). The number of nitrogens with one attached hydrogen (secondary N) is 4. The molecular formula is C42H30N8O3S. The van der Waals surface area contributed by atoms with Gasteiger partial charge in [0.2, 0.25) is 0 Å². The summed E-state index contributed by atoms with van der Waals surface area (Å²) in [5, 5.41) is 0. The second-order valence-corrected chi connectivity index (χ2v) is 15.1. The van der Waals surface area contributed by atoms with Gasteiger partial charge in [0.1, 0.15) is 23.3 Å². The minimum Gasteiger partial charge on any atom is -0.338 e. The molecule has 4 aromatic heterocycles. The van der Waals surface area contributed by atoms with Crippen molar-refractivity contribution >= 4 is 54.3 Å². The number of H-pyrrole nitrogens is 4. The van der Waals surface area contributed by atoms with Crippen LogP contribution in [0.5, 0.6) is 0 Å². The molecule has 54 heavy (non-hydrogen) atoms. The molecule has 12 heteroatoms. The Morgan fingerprint density at radius 2 is 0.796 bits per heavy atom. The van der Waals surface area contributed by atoms with Gasteiger partial charge >= 0.3 is 0 Å². The molecule has 0 atom stereocenters. The van der Waals surface area contributed by atoms with E-state index in [1.54, 1.807) is 6.07 Å². The molecule has 0 saturated heterocycles. The number of hydrogen-bond donors (Lipinski definition) is 5. The summed E-state index contributed by atoms with van der Waals surface area (Å²) in [5.41, 5.74) is 13.7. The minimum absolute atomic E-state index is 0.254. The first-order chi connectivity index (χ1) is 26.1. The zero-order chi connectivity index (χ0) is 36.7. The number of fused-ring (bicyclic) bond motifs is 4. The van der Waals surface area contributed by atoms with E-state index in [4.69, 9.17) is 15.0 Å². The quantitative estimate of drug-likeness (QED) is 0.106. The Morgan fingerprint density at radius 1 is 0.426 bits per heavy atom. The first kappa shape index (κ1) is 31.8. The lowest BCUT2D eigenvalue weighted by Gasteiger charge is -2.05. The summed E-state index contributed by atoms with van der Waals surface area (Å²) in [6.45, 7) is 4.04. The van der Waals surface area contributed by atoms with Crippen molar-refractivity contribution in [1.82, 2.24) is 39.9 Å². The van der Waals surface area contributed by atoms with Gasteiger partial charge < -0.3 is 19.9 Å². The van der Waals surface area contributed by atoms with Gasteiger partial charge in [-0.15, -0.1) is 0 Å². The Kier molecular flexibility index (Phi) is 6.96. The molecule has 0 amide bonds. The zero-order valence-corrected chi connectivity index (χ0v) is 29.7. The predicted octanol–water partition coefficient (Wildman–Crippen LogP) is 9.39. The average molecular weight is 727 g/mol. The third-order valence-electron chi connectivity index (χ3n) is 9.74. The van der Waals surface area contributed by atoms with Crippen molar-refractivity contribution in [1.29, 1.82) is 0 Å². The SMILES string of the molecule is Cc1ccc2[nH]c(-c3cccc(-c4nc5cc(-c6ccc7[nH]c(-c8cc(-c9nc%10cc(C)ccc%10[nH]9)cc(S(=O)(=O)O)c8)nc7c6)ccc5[nH]4)c3)nc2c1. The van der Waals surface area contributed by atoms with Crippen molar-refractivity contribution < 1.29 is 13.0 Å². The van der Waals surface area contributed by atoms with E-state index in [0.717, 1.165) is 78.1 Å². The lowest BCUT2D eigenvalue weighted by molar-refractivity contribution is 0.483. The number of benzene rings is 6. The van der Waals surface area contributed by atoms with Crippen molar-refractivity contribution in [2.75, 3.05) is 0 Å². The Balaban J connectivity index is 0.977. The zero-order valence-electron chi connectivity index (χ0n) is 28.9. The van der Waals surface area contributed by atoms with Crippen molar-refractivity contribution in [3.05, 3.63) is 126 Å². The van der Waals surface area contributed by atoms with Crippen LogP contribution in [0.3, 0.4) is 0 Å². The second kappa shape index (κ2) is 11.8. The van der Waals surface area contributed by atoms with Crippen LogP contribution < -0.4 is 0 Å². The summed E-state index contributed by atoms with van der Waals surface area (Å²) in [4.78, 5) is 32.5. The third-order valence-corrected chi connectivity index (χ3v) is 10.6. The molecule has 6 aromatic carbocycles. The largest absolute Gasteiger partial charge is 0.338 e. The van der Waals surface area contributed by atoms with Gasteiger partial charge in [0.25, 0.3) is 10.1 Å². The smallest absolute Gasteiger partial charge is 0.294 e. The lowest BCUT2D eigenvalue weighted by Crippen LogP contribution is -1.99. The maximum Gasteiger partial charge on any atom is 0.294 e. The van der Waals surface area contributed by atoms with Gasteiger partial charge in [-0.2, -0.15) is 8.42 Å². The van der Waals surface area contributed by atoms with Crippen LogP contribution in [-0.2, 0) is 10.1 Å². The van der Waals surface area contributed by atoms with Crippen LogP contribution >= 0.6 is 0 Å². The maximum atomic E-state index is 12.4. The number of nitrogens with zero attached hydrogens (tertiary/aromatic N) is 4. The first-order valence-electron chi connectivity index (χ1n) is 17.3. The molecule has 0 unspecified atom stereocenters. The fourth-order valence-corrected chi connectivity index (χ4v) is 7.54. The molecule has 0 aliphatic carbocycles.